The minimum absolute atomic E-state index is 0.00416. The van der Waals surface area contributed by atoms with Crippen LogP contribution in [0, 0.1) is 6.92 Å². The molecule has 4 rings (SSSR count). The predicted molar refractivity (Wildman–Crippen MR) is 142 cm³/mol. The molecule has 39 heavy (non-hydrogen) atoms. The summed E-state index contributed by atoms with van der Waals surface area (Å²) in [6, 6.07) is 18.7. The van der Waals surface area contributed by atoms with Crippen molar-refractivity contribution in [1.82, 2.24) is 9.21 Å². The van der Waals surface area contributed by atoms with E-state index in [1.807, 2.05) is 6.07 Å². The second-order valence-electron chi connectivity index (χ2n) is 9.31. The largest absolute Gasteiger partial charge is 0.496 e. The van der Waals surface area contributed by atoms with Gasteiger partial charge in [-0.2, -0.15) is 17.5 Å². The van der Waals surface area contributed by atoms with Gasteiger partial charge < -0.3 is 14.5 Å². The van der Waals surface area contributed by atoms with Crippen LogP contribution in [0.25, 0.3) is 0 Å². The Kier molecular flexibility index (Phi) is 8.51. The summed E-state index contributed by atoms with van der Waals surface area (Å²) in [6.45, 7) is 2.56. The molecule has 1 fully saturated rings. The number of rotatable bonds is 8. The lowest BCUT2D eigenvalue weighted by Crippen LogP contribution is -2.51. The molecule has 3 aromatic carbocycles. The van der Waals surface area contributed by atoms with Gasteiger partial charge in [0.1, 0.15) is 5.75 Å². The van der Waals surface area contributed by atoms with Crippen molar-refractivity contribution in [3.05, 3.63) is 89.5 Å². The molecule has 0 aliphatic carbocycles. The lowest BCUT2D eigenvalue weighted by molar-refractivity contribution is -0.137. The van der Waals surface area contributed by atoms with Gasteiger partial charge in [0, 0.05) is 38.4 Å². The number of halogens is 3. The summed E-state index contributed by atoms with van der Waals surface area (Å²) in [4.78, 5) is 16.7. The Morgan fingerprint density at radius 3 is 2.26 bits per heavy atom. The molecule has 3 aromatic rings. The normalized spacial score (nSPS) is 14.5. The molecule has 1 aliphatic rings. The smallest absolute Gasteiger partial charge is 0.416 e. The van der Waals surface area contributed by atoms with E-state index in [1.165, 1.54) is 25.3 Å². The molecule has 0 radical (unpaired) electrons. The minimum Gasteiger partial charge on any atom is -0.496 e. The van der Waals surface area contributed by atoms with Crippen molar-refractivity contribution in [2.24, 2.45) is 0 Å². The number of piperazine rings is 1. The fraction of sp³-hybridized carbons (Fsp3) is 0.321. The van der Waals surface area contributed by atoms with Crippen LogP contribution in [0.1, 0.15) is 16.7 Å². The van der Waals surface area contributed by atoms with Gasteiger partial charge in [-0.1, -0.05) is 36.4 Å². The van der Waals surface area contributed by atoms with Crippen molar-refractivity contribution in [3.8, 4) is 5.75 Å². The molecule has 0 bridgehead atoms. The van der Waals surface area contributed by atoms with Crippen molar-refractivity contribution in [3.63, 3.8) is 0 Å². The highest BCUT2D eigenvalue weighted by Gasteiger charge is 2.32. The van der Waals surface area contributed by atoms with Crippen LogP contribution in [-0.4, -0.2) is 63.4 Å². The molecule has 1 aliphatic heterocycles. The molecule has 1 amide bonds. The highest BCUT2D eigenvalue weighted by molar-refractivity contribution is 7.89. The number of ether oxygens (including phenoxy) is 1. The van der Waals surface area contributed by atoms with Crippen LogP contribution in [0.2, 0.25) is 0 Å². The van der Waals surface area contributed by atoms with Gasteiger partial charge in [-0.05, 0) is 54.4 Å². The Morgan fingerprint density at radius 1 is 0.949 bits per heavy atom. The Morgan fingerprint density at radius 2 is 1.64 bits per heavy atom. The van der Waals surface area contributed by atoms with Gasteiger partial charge in [0.2, 0.25) is 15.9 Å². The van der Waals surface area contributed by atoms with Crippen molar-refractivity contribution in [2.45, 2.75) is 24.5 Å². The molecular weight excluding hydrogens is 531 g/mol. The van der Waals surface area contributed by atoms with E-state index in [9.17, 15) is 26.4 Å². The molecule has 1 saturated heterocycles. The summed E-state index contributed by atoms with van der Waals surface area (Å²) in [5, 5.41) is 0. The molecule has 7 nitrogen and oxygen atoms in total. The monoisotopic (exact) mass is 561 g/mol. The number of nitrogens with zero attached hydrogens (tertiary/aromatic N) is 3. The number of hydrogen-bond donors (Lipinski definition) is 0. The van der Waals surface area contributed by atoms with Gasteiger partial charge in [0.25, 0.3) is 0 Å². The molecule has 0 spiro atoms. The average molecular weight is 562 g/mol. The zero-order valence-electron chi connectivity index (χ0n) is 21.7. The number of aryl methyl sites for hydroxylation is 1. The number of anilines is 1. The number of hydrogen-bond acceptors (Lipinski definition) is 5. The Hall–Kier alpha value is -3.57. The third kappa shape index (κ3) is 6.72. The number of carbonyl (C=O) groups is 1. The van der Waals surface area contributed by atoms with Gasteiger partial charge in [-0.3, -0.25) is 4.79 Å². The van der Waals surface area contributed by atoms with Gasteiger partial charge in [-0.25, -0.2) is 8.42 Å². The van der Waals surface area contributed by atoms with E-state index in [2.05, 4.69) is 0 Å². The number of carbonyl (C=O) groups excluding carboxylic acids is 1. The van der Waals surface area contributed by atoms with Crippen LogP contribution < -0.4 is 9.64 Å². The van der Waals surface area contributed by atoms with E-state index in [0.717, 1.165) is 22.0 Å². The maximum Gasteiger partial charge on any atom is 0.416 e. The van der Waals surface area contributed by atoms with E-state index in [1.54, 1.807) is 53.1 Å². The lowest BCUT2D eigenvalue weighted by Gasteiger charge is -2.37. The maximum absolute atomic E-state index is 13.7. The van der Waals surface area contributed by atoms with Crippen molar-refractivity contribution in [1.29, 1.82) is 0 Å². The molecule has 11 heteroatoms. The summed E-state index contributed by atoms with van der Waals surface area (Å²) in [7, 11) is -2.54. The van der Waals surface area contributed by atoms with Crippen molar-refractivity contribution >= 4 is 21.6 Å². The van der Waals surface area contributed by atoms with Gasteiger partial charge in [0.05, 0.1) is 24.1 Å². The molecule has 0 N–H and O–H groups in total. The molecular formula is C28H30F3N3O4S. The van der Waals surface area contributed by atoms with Gasteiger partial charge in [0.15, 0.2) is 0 Å². The fourth-order valence-corrected chi connectivity index (χ4v) is 5.98. The zero-order valence-corrected chi connectivity index (χ0v) is 22.5. The predicted octanol–water partition coefficient (Wildman–Crippen LogP) is 4.56. The second kappa shape index (κ2) is 11.7. The van der Waals surface area contributed by atoms with E-state index in [-0.39, 0.29) is 37.0 Å². The SMILES string of the molecule is COc1ccc(S(=O)(=O)N(CC(=O)N2CCN(c3cccc(C(F)(F)F)c3)CC2)Cc2ccccc2)cc1C. The van der Waals surface area contributed by atoms with Crippen LogP contribution in [0.4, 0.5) is 18.9 Å². The van der Waals surface area contributed by atoms with Crippen LogP contribution in [0.3, 0.4) is 0 Å². The Balaban J connectivity index is 1.50. The average Bonchev–Trinajstić information content (AvgIpc) is 2.93. The molecule has 0 saturated carbocycles. The van der Waals surface area contributed by atoms with Crippen molar-refractivity contribution < 1.29 is 31.1 Å². The fourth-order valence-electron chi connectivity index (χ4n) is 4.52. The quantitative estimate of drug-likeness (QED) is 0.403. The second-order valence-corrected chi connectivity index (χ2v) is 11.2. The summed E-state index contributed by atoms with van der Waals surface area (Å²) in [5.74, 6) is 0.182. The van der Waals surface area contributed by atoms with E-state index in [0.29, 0.717) is 30.1 Å². The minimum atomic E-state index is -4.44. The van der Waals surface area contributed by atoms with E-state index < -0.39 is 21.8 Å². The Bertz CT molecular complexity index is 1410. The number of methoxy groups -OCH3 is 1. The number of alkyl halides is 3. The van der Waals surface area contributed by atoms with Crippen molar-refractivity contribution in [2.75, 3.05) is 44.7 Å². The van der Waals surface area contributed by atoms with Gasteiger partial charge in [-0.15, -0.1) is 0 Å². The zero-order chi connectivity index (χ0) is 28.2. The highest BCUT2D eigenvalue weighted by Crippen LogP contribution is 2.32. The summed E-state index contributed by atoms with van der Waals surface area (Å²) < 4.78 is 73.1. The van der Waals surface area contributed by atoms with Crippen LogP contribution in [-0.2, 0) is 27.5 Å². The standard InChI is InChI=1S/C28H30F3N3O4S/c1-21-17-25(11-12-26(21)38-2)39(36,37)34(19-22-7-4-3-5-8-22)20-27(35)33-15-13-32(14-16-33)24-10-6-9-23(18-24)28(29,30)31/h3-12,17-18H,13-16,19-20H2,1-2H3. The van der Waals surface area contributed by atoms with Crippen LogP contribution >= 0.6 is 0 Å². The Labute approximate surface area is 226 Å². The highest BCUT2D eigenvalue weighted by atomic mass is 32.2. The first-order valence-electron chi connectivity index (χ1n) is 12.4. The topological polar surface area (TPSA) is 70.2 Å². The molecule has 208 valence electrons. The summed E-state index contributed by atoms with van der Waals surface area (Å²) in [5.41, 5.74) is 1.08. The van der Waals surface area contributed by atoms with Crippen LogP contribution in [0.15, 0.2) is 77.7 Å². The first kappa shape index (κ1) is 28.4. The summed E-state index contributed by atoms with van der Waals surface area (Å²) in [6.07, 6.45) is -4.44. The molecule has 0 aromatic heterocycles. The molecule has 0 atom stereocenters. The van der Waals surface area contributed by atoms with Gasteiger partial charge >= 0.3 is 6.18 Å². The molecule has 1 heterocycles. The first-order chi connectivity index (χ1) is 18.5. The number of amides is 1. The van der Waals surface area contributed by atoms with Crippen LogP contribution in [0.5, 0.6) is 5.75 Å². The number of benzene rings is 3. The third-order valence-electron chi connectivity index (χ3n) is 6.69. The third-order valence-corrected chi connectivity index (χ3v) is 8.48. The van der Waals surface area contributed by atoms with E-state index in [4.69, 9.17) is 4.74 Å². The number of sulfonamides is 1. The molecule has 0 unspecified atom stereocenters. The lowest BCUT2D eigenvalue weighted by atomic mass is 10.1. The van der Waals surface area contributed by atoms with E-state index >= 15 is 0 Å². The summed E-state index contributed by atoms with van der Waals surface area (Å²) >= 11 is 0. The first-order valence-corrected chi connectivity index (χ1v) is 13.8. The maximum atomic E-state index is 13.7.